The molecule has 0 saturated carbocycles. The van der Waals surface area contributed by atoms with Crippen LogP contribution >= 0.6 is 11.8 Å². The highest BCUT2D eigenvalue weighted by Gasteiger charge is 2.33. The third-order valence-corrected chi connectivity index (χ3v) is 6.56. The fourth-order valence-electron chi connectivity index (χ4n) is 3.39. The van der Waals surface area contributed by atoms with Crippen LogP contribution in [0, 0.1) is 0 Å². The van der Waals surface area contributed by atoms with E-state index in [0.717, 1.165) is 0 Å². The molecule has 34 heavy (non-hydrogen) atoms. The van der Waals surface area contributed by atoms with Crippen LogP contribution in [0.4, 0.5) is 0 Å². The average molecular weight is 490 g/mol. The molecule has 0 fully saturated rings. The standard InChI is InChI=1S/C24H31N3O6S/c25-12-5-4-11-20(23(31)32)27-21(28)19(26)14-34-15-24(33,17-8-2-1-3-9-17)18-10-6-7-16(13-18)22(29)30/h1-3,6-10,13,19-20,33H,4-5,11-12,14-15,25-26H2,(H,27,28)(H,29,30)(H,31,32)/t19-,20-,24?/m0/s1. The molecule has 1 amide bonds. The van der Waals surface area contributed by atoms with Gasteiger partial charge in [-0.25, -0.2) is 9.59 Å². The van der Waals surface area contributed by atoms with Gasteiger partial charge in [0.2, 0.25) is 5.91 Å². The summed E-state index contributed by atoms with van der Waals surface area (Å²) in [5.74, 6) is -2.62. The number of carbonyl (C=O) groups excluding carboxylic acids is 1. The van der Waals surface area contributed by atoms with Crippen LogP contribution in [0.25, 0.3) is 0 Å². The highest BCUT2D eigenvalue weighted by molar-refractivity contribution is 7.99. The summed E-state index contributed by atoms with van der Waals surface area (Å²) in [6.07, 6.45) is 1.48. The van der Waals surface area contributed by atoms with Crippen molar-refractivity contribution in [1.82, 2.24) is 5.32 Å². The van der Waals surface area contributed by atoms with Gasteiger partial charge < -0.3 is 32.1 Å². The van der Waals surface area contributed by atoms with Crippen molar-refractivity contribution < 1.29 is 29.7 Å². The molecule has 0 aliphatic rings. The average Bonchev–Trinajstić information content (AvgIpc) is 2.83. The SMILES string of the molecule is NCCCC[C@H](NC(=O)[C@@H](N)CSCC(O)(c1ccccc1)c1cccc(C(=O)O)c1)C(=O)O. The van der Waals surface area contributed by atoms with E-state index in [2.05, 4.69) is 5.32 Å². The molecule has 2 rings (SSSR count). The van der Waals surface area contributed by atoms with Gasteiger partial charge in [-0.1, -0.05) is 42.5 Å². The maximum atomic E-state index is 12.4. The van der Waals surface area contributed by atoms with Crippen molar-refractivity contribution in [1.29, 1.82) is 0 Å². The maximum absolute atomic E-state index is 12.4. The highest BCUT2D eigenvalue weighted by Crippen LogP contribution is 2.33. The first-order chi connectivity index (χ1) is 16.2. The third kappa shape index (κ3) is 7.56. The van der Waals surface area contributed by atoms with Gasteiger partial charge in [-0.15, -0.1) is 0 Å². The Morgan fingerprint density at radius 3 is 2.29 bits per heavy atom. The molecule has 8 N–H and O–H groups in total. The Bertz CT molecular complexity index is 974. The number of aromatic carboxylic acids is 1. The third-order valence-electron chi connectivity index (χ3n) is 5.35. The van der Waals surface area contributed by atoms with E-state index in [1.165, 1.54) is 23.9 Å². The number of hydrogen-bond acceptors (Lipinski definition) is 7. The summed E-state index contributed by atoms with van der Waals surface area (Å²) in [5.41, 5.74) is 10.9. The Morgan fingerprint density at radius 1 is 1.00 bits per heavy atom. The molecule has 0 heterocycles. The molecule has 10 heteroatoms. The van der Waals surface area contributed by atoms with Crippen molar-refractivity contribution in [3.63, 3.8) is 0 Å². The topological polar surface area (TPSA) is 176 Å². The first-order valence-electron chi connectivity index (χ1n) is 10.9. The second-order valence-corrected chi connectivity index (χ2v) is 8.95. The second-order valence-electron chi connectivity index (χ2n) is 7.92. The molecule has 0 aromatic heterocycles. The minimum Gasteiger partial charge on any atom is -0.480 e. The van der Waals surface area contributed by atoms with Crippen LogP contribution in [0.2, 0.25) is 0 Å². The second kappa shape index (κ2) is 13.1. The van der Waals surface area contributed by atoms with Crippen molar-refractivity contribution >= 4 is 29.6 Å². The van der Waals surface area contributed by atoms with Crippen LogP contribution in [0.1, 0.15) is 40.7 Å². The first kappa shape index (κ1) is 27.3. The van der Waals surface area contributed by atoms with Crippen LogP contribution in [0.5, 0.6) is 0 Å². The van der Waals surface area contributed by atoms with Crippen molar-refractivity contribution in [2.45, 2.75) is 36.9 Å². The lowest BCUT2D eigenvalue weighted by Gasteiger charge is -2.30. The molecule has 1 unspecified atom stereocenters. The van der Waals surface area contributed by atoms with Crippen molar-refractivity contribution in [2.24, 2.45) is 11.5 Å². The van der Waals surface area contributed by atoms with Crippen molar-refractivity contribution in [2.75, 3.05) is 18.1 Å². The molecular weight excluding hydrogens is 458 g/mol. The fourth-order valence-corrected chi connectivity index (χ4v) is 4.55. The van der Waals surface area contributed by atoms with E-state index in [1.54, 1.807) is 42.5 Å². The highest BCUT2D eigenvalue weighted by atomic mass is 32.2. The molecular formula is C24H31N3O6S. The quantitative estimate of drug-likeness (QED) is 0.214. The molecule has 0 saturated heterocycles. The van der Waals surface area contributed by atoms with Crippen LogP contribution in [0.3, 0.4) is 0 Å². The molecule has 2 aromatic carbocycles. The number of amides is 1. The smallest absolute Gasteiger partial charge is 0.335 e. The van der Waals surface area contributed by atoms with E-state index in [1.807, 2.05) is 0 Å². The van der Waals surface area contributed by atoms with Crippen LogP contribution in [-0.4, -0.2) is 63.3 Å². The lowest BCUT2D eigenvalue weighted by molar-refractivity contribution is -0.142. The number of carboxylic acids is 2. The number of thioether (sulfide) groups is 1. The molecule has 0 radical (unpaired) electrons. The van der Waals surface area contributed by atoms with Gasteiger partial charge >= 0.3 is 11.9 Å². The zero-order chi connectivity index (χ0) is 25.1. The Labute approximate surface area is 202 Å². The van der Waals surface area contributed by atoms with Crippen molar-refractivity contribution in [3.8, 4) is 0 Å². The number of hydrogen-bond donors (Lipinski definition) is 6. The fraction of sp³-hybridized carbons (Fsp3) is 0.375. The molecule has 9 nitrogen and oxygen atoms in total. The Morgan fingerprint density at radius 2 is 1.68 bits per heavy atom. The summed E-state index contributed by atoms with van der Waals surface area (Å²) in [4.78, 5) is 35.3. The summed E-state index contributed by atoms with van der Waals surface area (Å²) in [5, 5.41) is 32.7. The van der Waals surface area contributed by atoms with E-state index in [-0.39, 0.29) is 23.5 Å². The molecule has 2 aromatic rings. The first-order valence-corrected chi connectivity index (χ1v) is 12.0. The zero-order valence-electron chi connectivity index (χ0n) is 18.7. The Balaban J connectivity index is 2.09. The Kier molecular flexibility index (Phi) is 10.5. The van der Waals surface area contributed by atoms with Gasteiger partial charge in [0.05, 0.1) is 11.6 Å². The zero-order valence-corrected chi connectivity index (χ0v) is 19.5. The van der Waals surface area contributed by atoms with Crippen LogP contribution < -0.4 is 16.8 Å². The van der Waals surface area contributed by atoms with E-state index in [9.17, 15) is 29.7 Å². The summed E-state index contributed by atoms with van der Waals surface area (Å²) >= 11 is 1.21. The number of unbranched alkanes of at least 4 members (excludes halogenated alkanes) is 1. The van der Waals surface area contributed by atoms with Gasteiger partial charge in [-0.05, 0) is 49.1 Å². The number of benzene rings is 2. The summed E-state index contributed by atoms with van der Waals surface area (Å²) in [6.45, 7) is 0.441. The van der Waals surface area contributed by atoms with Gasteiger partial charge in [0.15, 0.2) is 0 Å². The number of carboxylic acid groups (broad SMARTS) is 2. The van der Waals surface area contributed by atoms with Crippen LogP contribution in [-0.2, 0) is 15.2 Å². The van der Waals surface area contributed by atoms with E-state index >= 15 is 0 Å². The van der Waals surface area contributed by atoms with Gasteiger partial charge in [0, 0.05) is 11.5 Å². The predicted octanol–water partition coefficient (Wildman–Crippen LogP) is 1.38. The Hall–Kier alpha value is -2.92. The maximum Gasteiger partial charge on any atom is 0.335 e. The van der Waals surface area contributed by atoms with E-state index < -0.39 is 35.5 Å². The summed E-state index contributed by atoms with van der Waals surface area (Å²) in [6, 6.07) is 12.8. The number of aliphatic carboxylic acids is 1. The number of carbonyl (C=O) groups is 3. The lowest BCUT2D eigenvalue weighted by atomic mass is 9.87. The molecule has 0 aliphatic carbocycles. The molecule has 0 spiro atoms. The lowest BCUT2D eigenvalue weighted by Crippen LogP contribution is -2.49. The van der Waals surface area contributed by atoms with Gasteiger partial charge in [0.1, 0.15) is 11.6 Å². The normalized spacial score (nSPS) is 14.6. The summed E-state index contributed by atoms with van der Waals surface area (Å²) in [7, 11) is 0. The van der Waals surface area contributed by atoms with Crippen molar-refractivity contribution in [3.05, 3.63) is 71.3 Å². The minimum atomic E-state index is -1.53. The van der Waals surface area contributed by atoms with Gasteiger partial charge in [0.25, 0.3) is 0 Å². The molecule has 0 aliphatic heterocycles. The molecule has 3 atom stereocenters. The number of nitrogens with one attached hydrogen (secondary N) is 1. The van der Waals surface area contributed by atoms with E-state index in [4.69, 9.17) is 11.5 Å². The van der Waals surface area contributed by atoms with Crippen LogP contribution in [0.15, 0.2) is 54.6 Å². The van der Waals surface area contributed by atoms with E-state index in [0.29, 0.717) is 30.5 Å². The molecule has 184 valence electrons. The van der Waals surface area contributed by atoms with Gasteiger partial charge in [-0.2, -0.15) is 11.8 Å². The number of rotatable bonds is 14. The molecule has 0 bridgehead atoms. The number of aliphatic hydroxyl groups is 1. The monoisotopic (exact) mass is 489 g/mol. The largest absolute Gasteiger partial charge is 0.480 e. The summed E-state index contributed by atoms with van der Waals surface area (Å²) < 4.78 is 0. The number of nitrogens with two attached hydrogens (primary N) is 2. The van der Waals surface area contributed by atoms with Gasteiger partial charge in [-0.3, -0.25) is 4.79 Å². The predicted molar refractivity (Wildman–Crippen MR) is 131 cm³/mol. The minimum absolute atomic E-state index is 0.0438.